The van der Waals surface area contributed by atoms with Gasteiger partial charge in [0.15, 0.2) is 5.82 Å². The van der Waals surface area contributed by atoms with Gasteiger partial charge < -0.3 is 10.6 Å². The Kier molecular flexibility index (Phi) is 6.03. The van der Waals surface area contributed by atoms with Crippen molar-refractivity contribution >= 4 is 34.7 Å². The number of hydrogen-bond donors (Lipinski definition) is 1. The second kappa shape index (κ2) is 8.86. The summed E-state index contributed by atoms with van der Waals surface area (Å²) in [6.07, 6.45) is 0.793. The molecule has 2 heterocycles. The Hall–Kier alpha value is -2.55. The molecule has 0 atom stereocenters. The molecular weight excluding hydrogens is 426 g/mol. The van der Waals surface area contributed by atoms with Gasteiger partial charge in [-0.05, 0) is 42.0 Å². The monoisotopic (exact) mass is 443 g/mol. The first-order valence-corrected chi connectivity index (χ1v) is 11.0. The summed E-state index contributed by atoms with van der Waals surface area (Å²) in [6.45, 7) is 0. The Morgan fingerprint density at radius 3 is 2.59 bits per heavy atom. The first kappa shape index (κ1) is 19.8. The highest BCUT2D eigenvalue weighted by Crippen LogP contribution is 2.26. The van der Waals surface area contributed by atoms with Crippen molar-refractivity contribution in [1.29, 1.82) is 0 Å². The van der Waals surface area contributed by atoms with E-state index in [-0.39, 0.29) is 0 Å². The lowest BCUT2D eigenvalue weighted by atomic mass is 10.2. The van der Waals surface area contributed by atoms with Crippen LogP contribution in [0.1, 0.15) is 16.3 Å². The topological polar surface area (TPSA) is 78.9 Å². The molecule has 0 bridgehead atoms. The number of rotatable bonds is 7. The Labute approximate surface area is 181 Å². The average molecular weight is 444 g/mol. The first-order valence-electron chi connectivity index (χ1n) is 8.78. The van der Waals surface area contributed by atoms with Gasteiger partial charge in [0.1, 0.15) is 5.75 Å². The maximum atomic E-state index is 6.20. The lowest BCUT2D eigenvalue weighted by molar-refractivity contribution is 0.415. The van der Waals surface area contributed by atoms with E-state index in [1.54, 1.807) is 18.4 Å². The molecule has 0 radical (unpaired) electrons. The SMILES string of the molecule is COc1ccc(-c2nnc(SCc3csc(Cc4ccc(Cl)cc4)n3)n2N)cc1. The third kappa shape index (κ3) is 4.72. The predicted molar refractivity (Wildman–Crippen MR) is 118 cm³/mol. The van der Waals surface area contributed by atoms with Gasteiger partial charge in [0.2, 0.25) is 5.16 Å². The van der Waals surface area contributed by atoms with Crippen LogP contribution in [0.25, 0.3) is 11.4 Å². The normalized spacial score (nSPS) is 11.0. The van der Waals surface area contributed by atoms with Crippen molar-refractivity contribution in [2.45, 2.75) is 17.3 Å². The molecule has 4 rings (SSSR count). The number of thioether (sulfide) groups is 1. The highest BCUT2D eigenvalue weighted by Gasteiger charge is 2.13. The zero-order valence-electron chi connectivity index (χ0n) is 15.6. The van der Waals surface area contributed by atoms with Gasteiger partial charge in [-0.25, -0.2) is 9.66 Å². The third-order valence-electron chi connectivity index (χ3n) is 4.23. The van der Waals surface area contributed by atoms with Crippen LogP contribution in [0.3, 0.4) is 0 Å². The molecule has 6 nitrogen and oxygen atoms in total. The second-order valence-corrected chi connectivity index (χ2v) is 8.55. The zero-order chi connectivity index (χ0) is 20.2. The number of nitrogen functional groups attached to an aromatic ring is 1. The summed E-state index contributed by atoms with van der Waals surface area (Å²) in [6, 6.07) is 15.4. The molecule has 0 aliphatic heterocycles. The van der Waals surface area contributed by atoms with Gasteiger partial charge in [-0.1, -0.05) is 35.5 Å². The fourth-order valence-electron chi connectivity index (χ4n) is 2.72. The van der Waals surface area contributed by atoms with Gasteiger partial charge in [0.05, 0.1) is 17.8 Å². The maximum absolute atomic E-state index is 6.20. The molecule has 2 aromatic carbocycles. The standard InChI is InChI=1S/C20H18ClN5OS2/c1-27-17-8-4-14(5-9-17)19-24-25-20(26(19)22)29-12-16-11-28-18(23-16)10-13-2-6-15(21)7-3-13/h2-9,11H,10,12,22H2,1H3. The quantitative estimate of drug-likeness (QED) is 0.330. The Morgan fingerprint density at radius 2 is 1.86 bits per heavy atom. The van der Waals surface area contributed by atoms with Crippen LogP contribution in [0.2, 0.25) is 5.02 Å². The largest absolute Gasteiger partial charge is 0.497 e. The molecule has 0 saturated heterocycles. The number of aromatic nitrogens is 4. The van der Waals surface area contributed by atoms with E-state index in [0.29, 0.717) is 16.7 Å². The minimum atomic E-state index is 0.608. The Bertz CT molecular complexity index is 1090. The van der Waals surface area contributed by atoms with Crippen LogP contribution in [0.5, 0.6) is 5.75 Å². The lowest BCUT2D eigenvalue weighted by Gasteiger charge is -2.04. The van der Waals surface area contributed by atoms with Crippen LogP contribution < -0.4 is 10.6 Å². The molecule has 0 saturated carbocycles. The summed E-state index contributed by atoms with van der Waals surface area (Å²) >= 11 is 9.10. The number of ether oxygens (including phenoxy) is 1. The smallest absolute Gasteiger partial charge is 0.210 e. The Morgan fingerprint density at radius 1 is 1.10 bits per heavy atom. The van der Waals surface area contributed by atoms with Crippen molar-refractivity contribution in [1.82, 2.24) is 19.9 Å². The first-order chi connectivity index (χ1) is 14.1. The van der Waals surface area contributed by atoms with E-state index in [0.717, 1.165) is 33.5 Å². The number of nitrogens with two attached hydrogens (primary N) is 1. The van der Waals surface area contributed by atoms with Crippen molar-refractivity contribution in [2.24, 2.45) is 0 Å². The number of nitrogens with zero attached hydrogens (tertiary/aromatic N) is 4. The maximum Gasteiger partial charge on any atom is 0.210 e. The highest BCUT2D eigenvalue weighted by atomic mass is 35.5. The van der Waals surface area contributed by atoms with Gasteiger partial charge in [-0.2, -0.15) is 0 Å². The summed E-state index contributed by atoms with van der Waals surface area (Å²) in [5, 5.41) is 13.0. The average Bonchev–Trinajstić information content (AvgIpc) is 3.34. The van der Waals surface area contributed by atoms with Crippen LogP contribution in [-0.4, -0.2) is 27.0 Å². The summed E-state index contributed by atoms with van der Waals surface area (Å²) < 4.78 is 6.69. The van der Waals surface area contributed by atoms with Crippen molar-refractivity contribution in [3.63, 3.8) is 0 Å². The summed E-state index contributed by atoms with van der Waals surface area (Å²) in [4.78, 5) is 4.71. The van der Waals surface area contributed by atoms with Crippen molar-refractivity contribution in [3.05, 3.63) is 75.2 Å². The fourth-order valence-corrected chi connectivity index (χ4v) is 4.53. The van der Waals surface area contributed by atoms with Crippen LogP contribution in [0.15, 0.2) is 59.1 Å². The molecule has 0 amide bonds. The second-order valence-electron chi connectivity index (χ2n) is 6.23. The van der Waals surface area contributed by atoms with E-state index < -0.39 is 0 Å². The Balaban J connectivity index is 1.40. The molecule has 148 valence electrons. The van der Waals surface area contributed by atoms with Crippen LogP contribution >= 0.6 is 34.7 Å². The van der Waals surface area contributed by atoms with Crippen LogP contribution in [0.4, 0.5) is 0 Å². The molecule has 0 spiro atoms. The molecule has 0 fully saturated rings. The predicted octanol–water partition coefficient (Wildman–Crippen LogP) is 4.66. The fraction of sp³-hybridized carbons (Fsp3) is 0.150. The molecule has 0 aliphatic carbocycles. The van der Waals surface area contributed by atoms with E-state index in [4.69, 9.17) is 27.2 Å². The van der Waals surface area contributed by atoms with E-state index in [1.165, 1.54) is 22.0 Å². The summed E-state index contributed by atoms with van der Waals surface area (Å²) in [5.74, 6) is 8.27. The molecule has 9 heteroatoms. The van der Waals surface area contributed by atoms with E-state index in [2.05, 4.69) is 15.6 Å². The van der Waals surface area contributed by atoms with Crippen molar-refractivity contribution in [3.8, 4) is 17.1 Å². The number of methoxy groups -OCH3 is 1. The highest BCUT2D eigenvalue weighted by molar-refractivity contribution is 7.98. The van der Waals surface area contributed by atoms with Gasteiger partial charge in [0.25, 0.3) is 0 Å². The van der Waals surface area contributed by atoms with Gasteiger partial charge in [-0.3, -0.25) is 0 Å². The molecule has 2 aromatic heterocycles. The summed E-state index contributed by atoms with van der Waals surface area (Å²) in [7, 11) is 1.63. The van der Waals surface area contributed by atoms with Crippen LogP contribution in [-0.2, 0) is 12.2 Å². The van der Waals surface area contributed by atoms with Gasteiger partial charge in [-0.15, -0.1) is 21.5 Å². The zero-order valence-corrected chi connectivity index (χ0v) is 18.0. The number of halogens is 1. The molecular formula is C20H18ClN5OS2. The summed E-state index contributed by atoms with van der Waals surface area (Å²) in [5.41, 5.74) is 3.07. The van der Waals surface area contributed by atoms with E-state index in [1.807, 2.05) is 48.5 Å². The van der Waals surface area contributed by atoms with Crippen LogP contribution in [0, 0.1) is 0 Å². The molecule has 2 N–H and O–H groups in total. The van der Waals surface area contributed by atoms with Crippen molar-refractivity contribution < 1.29 is 4.74 Å². The molecule has 4 aromatic rings. The van der Waals surface area contributed by atoms with E-state index >= 15 is 0 Å². The minimum Gasteiger partial charge on any atom is -0.497 e. The molecule has 0 aliphatic rings. The molecule has 29 heavy (non-hydrogen) atoms. The van der Waals surface area contributed by atoms with Gasteiger partial charge >= 0.3 is 0 Å². The molecule has 0 unspecified atom stereocenters. The lowest BCUT2D eigenvalue weighted by Crippen LogP contribution is -2.11. The van der Waals surface area contributed by atoms with E-state index in [9.17, 15) is 0 Å². The number of benzene rings is 2. The number of thiazole rings is 1. The number of hydrogen-bond acceptors (Lipinski definition) is 7. The third-order valence-corrected chi connectivity index (χ3v) is 6.36. The van der Waals surface area contributed by atoms with Gasteiger partial charge in [0, 0.05) is 28.1 Å². The minimum absolute atomic E-state index is 0.608. The van der Waals surface area contributed by atoms with Crippen molar-refractivity contribution in [2.75, 3.05) is 13.0 Å².